The van der Waals surface area contributed by atoms with Gasteiger partial charge in [-0.1, -0.05) is 25.1 Å². The molecule has 0 radical (unpaired) electrons. The number of carbonyl (C=O) groups is 1. The van der Waals surface area contributed by atoms with E-state index in [4.69, 9.17) is 5.73 Å². The lowest BCUT2D eigenvalue weighted by Crippen LogP contribution is -2.17. The standard InChI is InChI=1S/C15H15N5O2/c1-2-8-17-15-18-10-12(14(16)19-15)20(22)11(13(10)21)9-6-4-3-5-7-9/h3-7H,2,8H2,1H3,(H3,16,17,18,19). The molecule has 0 saturated heterocycles. The zero-order valence-electron chi connectivity index (χ0n) is 12.0. The normalized spacial score (nSPS) is 13.4. The van der Waals surface area contributed by atoms with Crippen molar-refractivity contribution in [3.8, 4) is 0 Å². The highest BCUT2D eigenvalue weighted by atomic mass is 16.5. The third kappa shape index (κ3) is 2.16. The molecule has 0 unspecified atom stereocenters. The quantitative estimate of drug-likeness (QED) is 0.657. The Morgan fingerprint density at radius 1 is 1.27 bits per heavy atom. The minimum atomic E-state index is -0.440. The second-order valence-electron chi connectivity index (χ2n) is 4.89. The van der Waals surface area contributed by atoms with Crippen LogP contribution in [0.4, 0.5) is 17.5 Å². The molecule has 1 aliphatic heterocycles. The van der Waals surface area contributed by atoms with Gasteiger partial charge in [-0.3, -0.25) is 4.79 Å². The van der Waals surface area contributed by atoms with Gasteiger partial charge in [0.15, 0.2) is 5.69 Å². The van der Waals surface area contributed by atoms with Crippen molar-refractivity contribution in [3.05, 3.63) is 46.8 Å². The third-order valence-corrected chi connectivity index (χ3v) is 3.33. The topological polar surface area (TPSA) is 107 Å². The highest BCUT2D eigenvalue weighted by Gasteiger charge is 2.40. The van der Waals surface area contributed by atoms with Gasteiger partial charge in [-0.15, -0.1) is 0 Å². The molecule has 3 rings (SSSR count). The summed E-state index contributed by atoms with van der Waals surface area (Å²) in [5, 5.41) is 15.4. The van der Waals surface area contributed by atoms with Gasteiger partial charge in [0.2, 0.25) is 11.8 Å². The fourth-order valence-electron chi connectivity index (χ4n) is 2.31. The van der Waals surface area contributed by atoms with Crippen molar-refractivity contribution in [3.63, 3.8) is 0 Å². The van der Waals surface area contributed by atoms with E-state index in [1.54, 1.807) is 24.3 Å². The Morgan fingerprint density at radius 3 is 2.68 bits per heavy atom. The summed E-state index contributed by atoms with van der Waals surface area (Å²) >= 11 is 0. The number of ketones is 1. The second kappa shape index (κ2) is 5.44. The van der Waals surface area contributed by atoms with E-state index in [1.807, 2.05) is 13.0 Å². The molecule has 0 amide bonds. The lowest BCUT2D eigenvalue weighted by atomic mass is 10.1. The Balaban J connectivity index is 2.08. The number of nitrogens with two attached hydrogens (primary N) is 1. The van der Waals surface area contributed by atoms with Crippen LogP contribution in [0, 0.1) is 5.21 Å². The minimum absolute atomic E-state index is 0.00196. The summed E-state index contributed by atoms with van der Waals surface area (Å²) in [4.78, 5) is 20.7. The second-order valence-corrected chi connectivity index (χ2v) is 4.89. The number of carbonyl (C=O) groups excluding carboxylic acids is 1. The smallest absolute Gasteiger partial charge is 0.290 e. The van der Waals surface area contributed by atoms with Crippen LogP contribution in [-0.2, 0) is 0 Å². The van der Waals surface area contributed by atoms with Crippen molar-refractivity contribution in [2.45, 2.75) is 13.3 Å². The van der Waals surface area contributed by atoms with E-state index < -0.39 is 5.78 Å². The molecule has 1 aromatic carbocycles. The van der Waals surface area contributed by atoms with Crippen LogP contribution in [0.1, 0.15) is 29.4 Å². The maximum atomic E-state index is 12.5. The SMILES string of the molecule is CCCNc1nc(N)c2c(n1)C(=O)C(c1ccccc1)=[N+]2[O-]. The Kier molecular flexibility index (Phi) is 3.46. The van der Waals surface area contributed by atoms with E-state index in [1.165, 1.54) is 0 Å². The maximum Gasteiger partial charge on any atom is 0.290 e. The van der Waals surface area contributed by atoms with Crippen LogP contribution >= 0.6 is 0 Å². The molecule has 1 aliphatic rings. The Bertz CT molecular complexity index is 771. The van der Waals surface area contributed by atoms with E-state index >= 15 is 0 Å². The van der Waals surface area contributed by atoms with Crippen molar-refractivity contribution in [1.29, 1.82) is 0 Å². The predicted octanol–water partition coefficient (Wildman–Crippen LogP) is 1.71. The molecule has 0 aliphatic carbocycles. The summed E-state index contributed by atoms with van der Waals surface area (Å²) in [6.07, 6.45) is 0.878. The molecule has 0 saturated carbocycles. The minimum Gasteiger partial charge on any atom is -0.618 e. The largest absolute Gasteiger partial charge is 0.618 e. The lowest BCUT2D eigenvalue weighted by Gasteiger charge is -2.06. The predicted molar refractivity (Wildman–Crippen MR) is 83.4 cm³/mol. The van der Waals surface area contributed by atoms with Crippen LogP contribution < -0.4 is 11.1 Å². The van der Waals surface area contributed by atoms with E-state index in [0.29, 0.717) is 16.8 Å². The fraction of sp³-hybridized carbons (Fsp3) is 0.200. The molecule has 0 bridgehead atoms. The molecule has 2 aromatic rings. The first-order valence-corrected chi connectivity index (χ1v) is 6.99. The molecule has 0 spiro atoms. The van der Waals surface area contributed by atoms with Gasteiger partial charge in [0.05, 0.1) is 5.56 Å². The number of nitrogen functional groups attached to an aromatic ring is 1. The first-order chi connectivity index (χ1) is 10.6. The van der Waals surface area contributed by atoms with E-state index in [0.717, 1.165) is 6.42 Å². The molecule has 0 fully saturated rings. The van der Waals surface area contributed by atoms with Gasteiger partial charge < -0.3 is 16.3 Å². The van der Waals surface area contributed by atoms with Crippen LogP contribution in [-0.4, -0.2) is 32.7 Å². The Hall–Kier alpha value is -2.96. The molecule has 7 heteroatoms. The molecule has 2 heterocycles. The zero-order valence-corrected chi connectivity index (χ0v) is 12.0. The van der Waals surface area contributed by atoms with Crippen molar-refractivity contribution in [2.75, 3.05) is 17.6 Å². The number of rotatable bonds is 4. The van der Waals surface area contributed by atoms with Crippen LogP contribution in [0.2, 0.25) is 0 Å². The molecular formula is C15H15N5O2. The Morgan fingerprint density at radius 2 is 2.00 bits per heavy atom. The highest BCUT2D eigenvalue weighted by molar-refractivity contribution is 6.51. The van der Waals surface area contributed by atoms with Gasteiger partial charge in [-0.05, 0) is 18.6 Å². The zero-order chi connectivity index (χ0) is 15.7. The monoisotopic (exact) mass is 297 g/mol. The van der Waals surface area contributed by atoms with E-state index in [2.05, 4.69) is 15.3 Å². The molecule has 7 nitrogen and oxygen atoms in total. The number of nitrogens with one attached hydrogen (secondary N) is 1. The van der Waals surface area contributed by atoms with Crippen LogP contribution in [0.15, 0.2) is 30.3 Å². The van der Waals surface area contributed by atoms with Gasteiger partial charge in [0.1, 0.15) is 0 Å². The van der Waals surface area contributed by atoms with E-state index in [9.17, 15) is 10.0 Å². The molecule has 112 valence electrons. The van der Waals surface area contributed by atoms with Crippen molar-refractivity contribution in [2.24, 2.45) is 0 Å². The van der Waals surface area contributed by atoms with Gasteiger partial charge in [0.25, 0.3) is 17.2 Å². The van der Waals surface area contributed by atoms with Gasteiger partial charge >= 0.3 is 0 Å². The molecular weight excluding hydrogens is 282 g/mol. The summed E-state index contributed by atoms with van der Waals surface area (Å²) in [6, 6.07) is 8.73. The number of anilines is 2. The van der Waals surface area contributed by atoms with Gasteiger partial charge in [-0.25, -0.2) is 4.98 Å². The van der Waals surface area contributed by atoms with Crippen molar-refractivity contribution < 1.29 is 9.53 Å². The summed E-state index contributed by atoms with van der Waals surface area (Å²) in [5.74, 6) is -0.183. The number of Topliss-reactive ketones (excluding diaryl/α,β-unsaturated/α-hetero) is 1. The first-order valence-electron chi connectivity index (χ1n) is 6.99. The van der Waals surface area contributed by atoms with Crippen molar-refractivity contribution in [1.82, 2.24) is 9.97 Å². The number of fused-ring (bicyclic) bond motifs is 1. The molecule has 1 aromatic heterocycles. The summed E-state index contributed by atoms with van der Waals surface area (Å²) in [7, 11) is 0. The van der Waals surface area contributed by atoms with Gasteiger partial charge in [0, 0.05) is 6.54 Å². The number of nitrogens with zero attached hydrogens (tertiary/aromatic N) is 3. The summed E-state index contributed by atoms with van der Waals surface area (Å²) in [5.41, 5.74) is 6.45. The molecule has 22 heavy (non-hydrogen) atoms. The van der Waals surface area contributed by atoms with Gasteiger partial charge in [-0.2, -0.15) is 9.72 Å². The highest BCUT2D eigenvalue weighted by Crippen LogP contribution is 2.31. The average Bonchev–Trinajstić information content (AvgIpc) is 2.78. The van der Waals surface area contributed by atoms with Crippen LogP contribution in [0.25, 0.3) is 0 Å². The molecule has 0 atom stereocenters. The van der Waals surface area contributed by atoms with Crippen LogP contribution in [0.3, 0.4) is 0 Å². The Labute approximate surface area is 127 Å². The third-order valence-electron chi connectivity index (χ3n) is 3.33. The van der Waals surface area contributed by atoms with Crippen molar-refractivity contribution >= 4 is 28.9 Å². The molecule has 3 N–H and O–H groups in total. The number of hydrogen-bond donors (Lipinski definition) is 2. The number of benzene rings is 1. The van der Waals surface area contributed by atoms with E-state index in [-0.39, 0.29) is 28.9 Å². The lowest BCUT2D eigenvalue weighted by molar-refractivity contribution is -0.355. The van der Waals surface area contributed by atoms with Crippen LogP contribution in [0.5, 0.6) is 0 Å². The number of hydrogen-bond acceptors (Lipinski definition) is 6. The fourth-order valence-corrected chi connectivity index (χ4v) is 2.31. The maximum absolute atomic E-state index is 12.5. The average molecular weight is 297 g/mol. The number of aromatic nitrogens is 2. The first kappa shape index (κ1) is 14.0. The summed E-state index contributed by atoms with van der Waals surface area (Å²) in [6.45, 7) is 2.65. The summed E-state index contributed by atoms with van der Waals surface area (Å²) < 4.78 is 0.520.